The number of piperidine rings is 1. The molecule has 5 N–H and O–H groups in total. The largest absolute Gasteiger partial charge is 0.497 e. The van der Waals surface area contributed by atoms with Crippen molar-refractivity contribution in [3.05, 3.63) is 40.7 Å². The Bertz CT molecular complexity index is 1140. The first-order valence-electron chi connectivity index (χ1n) is 13.8. The first-order chi connectivity index (χ1) is 18.8. The van der Waals surface area contributed by atoms with Gasteiger partial charge in [0.1, 0.15) is 11.9 Å². The third kappa shape index (κ3) is 7.95. The molecule has 0 spiro atoms. The fourth-order valence-electron chi connectivity index (χ4n) is 5.82. The van der Waals surface area contributed by atoms with Gasteiger partial charge in [-0.15, -0.1) is 0 Å². The number of anilines is 2. The van der Waals surface area contributed by atoms with Crippen LogP contribution in [0.4, 0.5) is 11.6 Å². The predicted molar refractivity (Wildman–Crippen MR) is 150 cm³/mol. The SMILES string of the molecule is COc1ccc(CCC[N+]2(CC(=O)OC3CCCCC3)CCCC(NC(=O)c3nc(Cl)c(N)nc3N)C2)cc1. The van der Waals surface area contributed by atoms with Crippen molar-refractivity contribution in [2.75, 3.05) is 44.8 Å². The molecule has 1 amide bonds. The van der Waals surface area contributed by atoms with Crippen molar-refractivity contribution in [2.24, 2.45) is 0 Å². The molecule has 1 saturated heterocycles. The van der Waals surface area contributed by atoms with E-state index in [1.807, 2.05) is 12.1 Å². The molecular formula is C28H40ClN6O4+. The van der Waals surface area contributed by atoms with E-state index in [2.05, 4.69) is 27.4 Å². The van der Waals surface area contributed by atoms with Crippen LogP contribution < -0.4 is 21.5 Å². The minimum absolute atomic E-state index is 0.0164. The van der Waals surface area contributed by atoms with Gasteiger partial charge >= 0.3 is 5.97 Å². The number of nitrogens with one attached hydrogen (secondary N) is 1. The number of benzene rings is 1. The molecule has 1 saturated carbocycles. The van der Waals surface area contributed by atoms with Crippen molar-refractivity contribution in [3.8, 4) is 5.75 Å². The normalized spacial score (nSPS) is 21.7. The summed E-state index contributed by atoms with van der Waals surface area (Å²) in [5, 5.41) is 2.99. The summed E-state index contributed by atoms with van der Waals surface area (Å²) in [5.41, 5.74) is 12.7. The van der Waals surface area contributed by atoms with Gasteiger partial charge in [-0.25, -0.2) is 14.8 Å². The van der Waals surface area contributed by atoms with Crippen molar-refractivity contribution < 1.29 is 23.5 Å². The Balaban J connectivity index is 1.44. The third-order valence-electron chi connectivity index (χ3n) is 7.82. The van der Waals surface area contributed by atoms with Crippen LogP contribution >= 0.6 is 11.6 Å². The van der Waals surface area contributed by atoms with Crippen molar-refractivity contribution in [1.29, 1.82) is 0 Å². The number of nitrogen functional groups attached to an aromatic ring is 2. The van der Waals surface area contributed by atoms with E-state index in [0.29, 0.717) is 17.6 Å². The number of nitrogens with zero attached hydrogens (tertiary/aromatic N) is 3. The van der Waals surface area contributed by atoms with Crippen LogP contribution in [0, 0.1) is 0 Å². The number of ether oxygens (including phenoxy) is 2. The van der Waals surface area contributed by atoms with E-state index in [0.717, 1.165) is 70.2 Å². The molecule has 4 rings (SSSR count). The maximum absolute atomic E-state index is 13.2. The van der Waals surface area contributed by atoms with Crippen LogP contribution in [0.1, 0.15) is 67.4 Å². The number of hydrogen-bond acceptors (Lipinski definition) is 8. The van der Waals surface area contributed by atoms with Gasteiger partial charge in [-0.1, -0.05) is 30.2 Å². The fourth-order valence-corrected chi connectivity index (χ4v) is 5.95. The number of carbonyl (C=O) groups excluding carboxylic acids is 2. The molecule has 2 aromatic rings. The Morgan fingerprint density at radius 2 is 1.79 bits per heavy atom. The van der Waals surface area contributed by atoms with E-state index < -0.39 is 5.91 Å². The lowest BCUT2D eigenvalue weighted by Crippen LogP contribution is -2.62. The highest BCUT2D eigenvalue weighted by Gasteiger charge is 2.38. The summed E-state index contributed by atoms with van der Waals surface area (Å²) in [7, 11) is 1.66. The first-order valence-corrected chi connectivity index (χ1v) is 14.2. The van der Waals surface area contributed by atoms with Gasteiger partial charge in [0.2, 0.25) is 0 Å². The van der Waals surface area contributed by atoms with Crippen LogP contribution in [0.5, 0.6) is 5.75 Å². The maximum Gasteiger partial charge on any atom is 0.362 e. The Morgan fingerprint density at radius 3 is 2.51 bits per heavy atom. The second-order valence-corrected chi connectivity index (χ2v) is 11.1. The van der Waals surface area contributed by atoms with Gasteiger partial charge in [-0.05, 0) is 62.6 Å². The minimum atomic E-state index is -0.449. The molecule has 1 aliphatic heterocycles. The molecule has 2 heterocycles. The standard InChI is InChI=1S/C28H39ClN6O4/c1-38-21-13-11-19(12-14-21)7-5-15-35(18-23(36)39-22-9-3-2-4-10-22)16-6-8-20(17-35)32-28(37)24-26(30)34-27(31)25(29)33-24/h11-14,20,22H,2-10,15-18H2,1H3,(H4-,30,31,32,34,37)/p+1. The molecule has 1 aromatic carbocycles. The van der Waals surface area contributed by atoms with Crippen LogP contribution in [0.2, 0.25) is 5.15 Å². The summed E-state index contributed by atoms with van der Waals surface area (Å²) in [6, 6.07) is 7.91. The molecule has 2 fully saturated rings. The second-order valence-electron chi connectivity index (χ2n) is 10.8. The summed E-state index contributed by atoms with van der Waals surface area (Å²) in [6.45, 7) is 2.56. The highest BCUT2D eigenvalue weighted by molar-refractivity contribution is 6.31. The Morgan fingerprint density at radius 1 is 1.05 bits per heavy atom. The number of esters is 1. The van der Waals surface area contributed by atoms with Crippen LogP contribution in [-0.2, 0) is 16.0 Å². The summed E-state index contributed by atoms with van der Waals surface area (Å²) in [5.74, 6) is 0.137. The van der Waals surface area contributed by atoms with Gasteiger partial charge in [0.05, 0.1) is 32.8 Å². The van der Waals surface area contributed by atoms with Gasteiger partial charge in [-0.2, -0.15) is 0 Å². The quantitative estimate of drug-likeness (QED) is 0.296. The second kappa shape index (κ2) is 13.3. The lowest BCUT2D eigenvalue weighted by Gasteiger charge is -2.44. The number of quaternary nitrogens is 1. The van der Waals surface area contributed by atoms with E-state index >= 15 is 0 Å². The number of methoxy groups -OCH3 is 1. The molecule has 0 bridgehead atoms. The summed E-state index contributed by atoms with van der Waals surface area (Å²) in [6.07, 6.45) is 8.75. The zero-order valence-electron chi connectivity index (χ0n) is 22.7. The van der Waals surface area contributed by atoms with Gasteiger partial charge in [-0.3, -0.25) is 4.79 Å². The molecular weight excluding hydrogens is 520 g/mol. The average Bonchev–Trinajstić information content (AvgIpc) is 2.91. The lowest BCUT2D eigenvalue weighted by molar-refractivity contribution is -0.926. The zero-order valence-corrected chi connectivity index (χ0v) is 23.4. The average molecular weight is 560 g/mol. The fraction of sp³-hybridized carbons (Fsp3) is 0.571. The number of carbonyl (C=O) groups is 2. The highest BCUT2D eigenvalue weighted by Crippen LogP contribution is 2.25. The van der Waals surface area contributed by atoms with Crippen LogP contribution in [0.15, 0.2) is 24.3 Å². The molecule has 1 aliphatic carbocycles. The number of nitrogens with two attached hydrogens (primary N) is 2. The summed E-state index contributed by atoms with van der Waals surface area (Å²) < 4.78 is 11.8. The minimum Gasteiger partial charge on any atom is -0.497 e. The number of hydrogen-bond donors (Lipinski definition) is 3. The van der Waals surface area contributed by atoms with Crippen molar-refractivity contribution in [1.82, 2.24) is 15.3 Å². The zero-order chi connectivity index (χ0) is 27.8. The molecule has 1 aromatic heterocycles. The van der Waals surface area contributed by atoms with Gasteiger partial charge in [0.15, 0.2) is 29.0 Å². The predicted octanol–water partition coefficient (Wildman–Crippen LogP) is 3.52. The van der Waals surface area contributed by atoms with Crippen LogP contribution in [0.3, 0.4) is 0 Å². The van der Waals surface area contributed by atoms with Gasteiger partial charge < -0.3 is 30.7 Å². The number of amides is 1. The van der Waals surface area contributed by atoms with Crippen LogP contribution in [0.25, 0.3) is 0 Å². The van der Waals surface area contributed by atoms with Gasteiger partial charge in [0.25, 0.3) is 5.91 Å². The Kier molecular flexibility index (Phi) is 9.85. The number of halogens is 1. The molecule has 2 aliphatic rings. The van der Waals surface area contributed by atoms with Crippen molar-refractivity contribution >= 4 is 35.1 Å². The van der Waals surface area contributed by atoms with E-state index in [1.54, 1.807) is 7.11 Å². The maximum atomic E-state index is 13.2. The summed E-state index contributed by atoms with van der Waals surface area (Å²) in [4.78, 5) is 34.1. The topological polar surface area (TPSA) is 142 Å². The number of rotatable bonds is 10. The monoisotopic (exact) mass is 559 g/mol. The summed E-state index contributed by atoms with van der Waals surface area (Å²) >= 11 is 5.98. The molecule has 212 valence electrons. The lowest BCUT2D eigenvalue weighted by atomic mass is 9.98. The van der Waals surface area contributed by atoms with E-state index in [9.17, 15) is 9.59 Å². The molecule has 2 unspecified atom stereocenters. The van der Waals surface area contributed by atoms with Crippen LogP contribution in [-0.4, -0.2) is 71.8 Å². The number of likely N-dealkylation sites (tertiary alicyclic amines) is 1. The van der Waals surface area contributed by atoms with Crippen molar-refractivity contribution in [2.45, 2.75) is 69.9 Å². The van der Waals surface area contributed by atoms with E-state index in [-0.39, 0.29) is 40.6 Å². The molecule has 39 heavy (non-hydrogen) atoms. The van der Waals surface area contributed by atoms with Gasteiger partial charge in [0, 0.05) is 6.42 Å². The molecule has 11 heteroatoms. The Labute approximate surface area is 235 Å². The first kappa shape index (κ1) is 28.9. The van der Waals surface area contributed by atoms with Crippen molar-refractivity contribution in [3.63, 3.8) is 0 Å². The number of aryl methyl sites for hydroxylation is 1. The molecule has 0 radical (unpaired) electrons. The third-order valence-corrected chi connectivity index (χ3v) is 8.10. The molecule has 2 atom stereocenters. The van der Waals surface area contributed by atoms with E-state index in [4.69, 9.17) is 32.5 Å². The Hall–Kier alpha value is -3.11. The smallest absolute Gasteiger partial charge is 0.362 e. The highest BCUT2D eigenvalue weighted by atomic mass is 35.5. The van der Waals surface area contributed by atoms with E-state index in [1.165, 1.54) is 12.0 Å². The molecule has 10 nitrogen and oxygen atoms in total. The number of aromatic nitrogens is 2.